The molecule has 2 aliphatic heterocycles. The van der Waals surface area contributed by atoms with Crippen molar-refractivity contribution < 1.29 is 14.6 Å². The standard InChI is InChI=1S/C23H27NO3/c1-23(2,3)16-10-11-19-18(13-16)21-17(5-4-12-27-21)20(24-19)14-6-8-15(9-7-14)22(25)26/h6-11,13,17,20-21,24H,4-5,12H2,1-3H3,(H,25,26)/t17-,20-,21-/m1/s1. The zero-order chi connectivity index (χ0) is 19.2. The SMILES string of the molecule is CC(C)(C)c1ccc2c(c1)[C@@H]1OCCC[C@@H]1[C@@H](c1ccc(C(=O)O)cc1)N2. The van der Waals surface area contributed by atoms with Gasteiger partial charge in [-0.2, -0.15) is 0 Å². The van der Waals surface area contributed by atoms with Gasteiger partial charge in [0.25, 0.3) is 0 Å². The summed E-state index contributed by atoms with van der Waals surface area (Å²) in [5.74, 6) is -0.547. The molecular weight excluding hydrogens is 338 g/mol. The molecule has 0 amide bonds. The Morgan fingerprint density at radius 1 is 1.15 bits per heavy atom. The highest BCUT2D eigenvalue weighted by Gasteiger charge is 2.40. The molecule has 0 spiro atoms. The second-order valence-electron chi connectivity index (χ2n) is 8.70. The van der Waals surface area contributed by atoms with Gasteiger partial charge >= 0.3 is 5.97 Å². The van der Waals surface area contributed by atoms with E-state index in [4.69, 9.17) is 9.84 Å². The van der Waals surface area contributed by atoms with E-state index in [2.05, 4.69) is 44.3 Å². The minimum atomic E-state index is -0.892. The van der Waals surface area contributed by atoms with Crippen LogP contribution in [0.5, 0.6) is 0 Å². The minimum Gasteiger partial charge on any atom is -0.478 e. The number of carboxylic acids is 1. The summed E-state index contributed by atoms with van der Waals surface area (Å²) in [5, 5.41) is 12.9. The van der Waals surface area contributed by atoms with Gasteiger partial charge in [0.2, 0.25) is 0 Å². The molecule has 2 aliphatic rings. The number of rotatable bonds is 2. The number of carbonyl (C=O) groups is 1. The first-order valence-electron chi connectivity index (χ1n) is 9.70. The third-order valence-corrected chi connectivity index (χ3v) is 5.85. The molecule has 2 heterocycles. The zero-order valence-corrected chi connectivity index (χ0v) is 16.2. The molecule has 0 aromatic heterocycles. The van der Waals surface area contributed by atoms with E-state index in [0.717, 1.165) is 30.7 Å². The smallest absolute Gasteiger partial charge is 0.335 e. The topological polar surface area (TPSA) is 58.6 Å². The van der Waals surface area contributed by atoms with Crippen LogP contribution in [0.2, 0.25) is 0 Å². The second kappa shape index (κ2) is 6.68. The lowest BCUT2D eigenvalue weighted by Gasteiger charge is -2.44. The van der Waals surface area contributed by atoms with Crippen molar-refractivity contribution in [1.82, 2.24) is 0 Å². The highest BCUT2D eigenvalue weighted by Crippen LogP contribution is 2.49. The van der Waals surface area contributed by atoms with Gasteiger partial charge < -0.3 is 15.2 Å². The van der Waals surface area contributed by atoms with Gasteiger partial charge in [-0.1, -0.05) is 45.0 Å². The predicted octanol–water partition coefficient (Wildman–Crippen LogP) is 5.32. The fourth-order valence-electron chi connectivity index (χ4n) is 4.30. The van der Waals surface area contributed by atoms with Crippen molar-refractivity contribution in [2.24, 2.45) is 5.92 Å². The number of aromatic carboxylic acids is 1. The Balaban J connectivity index is 1.73. The third-order valence-electron chi connectivity index (χ3n) is 5.85. The van der Waals surface area contributed by atoms with Crippen LogP contribution in [0.4, 0.5) is 5.69 Å². The van der Waals surface area contributed by atoms with E-state index < -0.39 is 5.97 Å². The van der Waals surface area contributed by atoms with Crippen molar-refractivity contribution >= 4 is 11.7 Å². The van der Waals surface area contributed by atoms with Gasteiger partial charge in [0.05, 0.1) is 17.7 Å². The van der Waals surface area contributed by atoms with Crippen LogP contribution in [0.25, 0.3) is 0 Å². The van der Waals surface area contributed by atoms with Crippen molar-refractivity contribution in [2.75, 3.05) is 11.9 Å². The molecule has 0 unspecified atom stereocenters. The van der Waals surface area contributed by atoms with Crippen LogP contribution in [0.15, 0.2) is 42.5 Å². The quantitative estimate of drug-likeness (QED) is 0.756. The lowest BCUT2D eigenvalue weighted by Crippen LogP contribution is -2.36. The van der Waals surface area contributed by atoms with E-state index in [1.807, 2.05) is 12.1 Å². The lowest BCUT2D eigenvalue weighted by molar-refractivity contribution is -0.0382. The van der Waals surface area contributed by atoms with E-state index in [9.17, 15) is 4.79 Å². The fraction of sp³-hybridized carbons (Fsp3) is 0.435. The molecule has 0 radical (unpaired) electrons. The number of nitrogens with one attached hydrogen (secondary N) is 1. The van der Waals surface area contributed by atoms with Crippen LogP contribution in [0.3, 0.4) is 0 Å². The Morgan fingerprint density at radius 2 is 1.89 bits per heavy atom. The first-order valence-corrected chi connectivity index (χ1v) is 9.70. The fourth-order valence-corrected chi connectivity index (χ4v) is 4.30. The highest BCUT2D eigenvalue weighted by atomic mass is 16.5. The average Bonchev–Trinajstić information content (AvgIpc) is 2.66. The van der Waals surface area contributed by atoms with Gasteiger partial charge in [0, 0.05) is 23.8 Å². The molecule has 0 saturated carbocycles. The summed E-state index contributed by atoms with van der Waals surface area (Å²) in [6, 6.07) is 14.0. The summed E-state index contributed by atoms with van der Waals surface area (Å²) in [6.45, 7) is 7.50. The van der Waals surface area contributed by atoms with Crippen LogP contribution in [0.1, 0.15) is 72.8 Å². The predicted molar refractivity (Wildman–Crippen MR) is 106 cm³/mol. The van der Waals surface area contributed by atoms with Gasteiger partial charge in [0.15, 0.2) is 0 Å². The van der Waals surface area contributed by atoms with Crippen molar-refractivity contribution in [1.29, 1.82) is 0 Å². The monoisotopic (exact) mass is 365 g/mol. The van der Waals surface area contributed by atoms with Crippen LogP contribution >= 0.6 is 0 Å². The highest BCUT2D eigenvalue weighted by molar-refractivity contribution is 5.87. The van der Waals surface area contributed by atoms with Crippen LogP contribution < -0.4 is 5.32 Å². The van der Waals surface area contributed by atoms with Gasteiger partial charge in [-0.25, -0.2) is 4.79 Å². The first-order chi connectivity index (χ1) is 12.8. The average molecular weight is 365 g/mol. The molecule has 4 nitrogen and oxygen atoms in total. The minimum absolute atomic E-state index is 0.0847. The van der Waals surface area contributed by atoms with Crippen molar-refractivity contribution in [3.8, 4) is 0 Å². The number of hydrogen-bond acceptors (Lipinski definition) is 3. The van der Waals surface area contributed by atoms with E-state index >= 15 is 0 Å². The first kappa shape index (κ1) is 18.1. The Labute approximate surface area is 160 Å². The normalized spacial score (nSPS) is 24.5. The molecule has 4 rings (SSSR count). The zero-order valence-electron chi connectivity index (χ0n) is 16.2. The molecule has 2 N–H and O–H groups in total. The Bertz CT molecular complexity index is 851. The Kier molecular flexibility index (Phi) is 4.47. The van der Waals surface area contributed by atoms with E-state index in [1.165, 1.54) is 11.1 Å². The van der Waals surface area contributed by atoms with Gasteiger partial charge in [-0.05, 0) is 47.6 Å². The summed E-state index contributed by atoms with van der Waals surface area (Å²) in [4.78, 5) is 11.2. The summed E-state index contributed by atoms with van der Waals surface area (Å²) >= 11 is 0. The van der Waals surface area contributed by atoms with E-state index in [-0.39, 0.29) is 17.6 Å². The number of hydrogen-bond donors (Lipinski definition) is 2. The summed E-state index contributed by atoms with van der Waals surface area (Å²) in [7, 11) is 0. The number of benzene rings is 2. The Morgan fingerprint density at radius 3 is 2.56 bits per heavy atom. The second-order valence-corrected chi connectivity index (χ2v) is 8.70. The number of fused-ring (bicyclic) bond motifs is 3. The van der Waals surface area contributed by atoms with E-state index in [1.54, 1.807) is 12.1 Å². The molecule has 2 aromatic rings. The molecular formula is C23H27NO3. The molecule has 0 bridgehead atoms. The molecule has 3 atom stereocenters. The Hall–Kier alpha value is -2.33. The molecule has 142 valence electrons. The summed E-state index contributed by atoms with van der Waals surface area (Å²) < 4.78 is 6.26. The molecule has 1 fully saturated rings. The maximum Gasteiger partial charge on any atom is 0.335 e. The maximum atomic E-state index is 11.2. The maximum absolute atomic E-state index is 11.2. The van der Waals surface area contributed by atoms with Gasteiger partial charge in [-0.15, -0.1) is 0 Å². The summed E-state index contributed by atoms with van der Waals surface area (Å²) in [6.07, 6.45) is 2.24. The third kappa shape index (κ3) is 3.34. The van der Waals surface area contributed by atoms with Crippen LogP contribution in [-0.4, -0.2) is 17.7 Å². The van der Waals surface area contributed by atoms with Crippen molar-refractivity contribution in [2.45, 2.75) is 51.2 Å². The van der Waals surface area contributed by atoms with Crippen LogP contribution in [0, 0.1) is 5.92 Å². The molecule has 1 saturated heterocycles. The number of anilines is 1. The van der Waals surface area contributed by atoms with Crippen molar-refractivity contribution in [3.63, 3.8) is 0 Å². The van der Waals surface area contributed by atoms with Crippen molar-refractivity contribution in [3.05, 3.63) is 64.7 Å². The molecule has 0 aliphatic carbocycles. The van der Waals surface area contributed by atoms with E-state index in [0.29, 0.717) is 11.5 Å². The number of ether oxygens (including phenoxy) is 1. The van der Waals surface area contributed by atoms with Gasteiger partial charge in [0.1, 0.15) is 0 Å². The number of carboxylic acid groups (broad SMARTS) is 1. The molecule has 4 heteroatoms. The van der Waals surface area contributed by atoms with Crippen LogP contribution in [-0.2, 0) is 10.2 Å². The molecule has 2 aromatic carbocycles. The van der Waals surface area contributed by atoms with Gasteiger partial charge in [-0.3, -0.25) is 0 Å². The summed E-state index contributed by atoms with van der Waals surface area (Å²) in [5.41, 5.74) is 5.24. The largest absolute Gasteiger partial charge is 0.478 e. The lowest BCUT2D eigenvalue weighted by atomic mass is 9.76. The molecule has 27 heavy (non-hydrogen) atoms.